The van der Waals surface area contributed by atoms with Gasteiger partial charge in [0.25, 0.3) is 5.91 Å². The van der Waals surface area contributed by atoms with E-state index in [0.717, 1.165) is 12.1 Å². The highest BCUT2D eigenvalue weighted by Gasteiger charge is 2.57. The Labute approximate surface area is 232 Å². The van der Waals surface area contributed by atoms with E-state index in [1.807, 2.05) is 0 Å². The molecule has 0 radical (unpaired) electrons. The molecule has 0 aliphatic heterocycles. The number of phosphoric ester groups is 1. The van der Waals surface area contributed by atoms with Crippen LogP contribution in [0, 0.1) is 11.6 Å². The lowest BCUT2D eigenvalue weighted by Gasteiger charge is -2.57. The monoisotopic (exact) mass is 610 g/mol. The molecule has 5 N–H and O–H groups in total. The molecule has 5 rings (SSSR count). The molecule has 10 nitrogen and oxygen atoms in total. The van der Waals surface area contributed by atoms with Gasteiger partial charge >= 0.3 is 7.82 Å². The van der Waals surface area contributed by atoms with Crippen LogP contribution in [0.25, 0.3) is 0 Å². The number of amides is 1. The molecule has 3 saturated carbocycles. The first kappa shape index (κ1) is 30.0. The highest BCUT2D eigenvalue weighted by molar-refractivity contribution is 7.46. The third kappa shape index (κ3) is 7.59. The smallest absolute Gasteiger partial charge is 0.469 e. The van der Waals surface area contributed by atoms with Crippen LogP contribution in [0.1, 0.15) is 32.1 Å². The fraction of sp³-hybridized carbons (Fsp3) is 0.458. The van der Waals surface area contributed by atoms with Gasteiger partial charge in [0.1, 0.15) is 36.0 Å². The second-order valence-electron chi connectivity index (χ2n) is 9.69. The molecule has 3 aliphatic carbocycles. The maximum absolute atomic E-state index is 13.6. The van der Waals surface area contributed by atoms with Gasteiger partial charge in [-0.05, 0) is 56.4 Å². The van der Waals surface area contributed by atoms with Crippen molar-refractivity contribution in [2.75, 3.05) is 13.2 Å². The van der Waals surface area contributed by atoms with Crippen LogP contribution in [0.3, 0.4) is 0 Å². The third-order valence-corrected chi connectivity index (χ3v) is 8.12. The minimum Gasteiger partial charge on any atom is -0.489 e. The molecule has 3 aliphatic rings. The van der Waals surface area contributed by atoms with E-state index >= 15 is 0 Å². The summed E-state index contributed by atoms with van der Waals surface area (Å²) in [5.41, 5.74) is -1.86. The zero-order chi connectivity index (χ0) is 28.4. The first-order valence-electron chi connectivity index (χ1n) is 11.9. The maximum atomic E-state index is 13.6. The number of hydrogen-bond acceptors (Lipinski definition) is 7. The van der Waals surface area contributed by atoms with E-state index in [0.29, 0.717) is 12.8 Å². The van der Waals surface area contributed by atoms with Gasteiger partial charge in [0, 0.05) is 17.7 Å². The van der Waals surface area contributed by atoms with Crippen molar-refractivity contribution in [1.29, 1.82) is 0 Å². The van der Waals surface area contributed by atoms with Gasteiger partial charge in [-0.25, -0.2) is 13.3 Å². The van der Waals surface area contributed by atoms with Crippen LogP contribution in [-0.2, 0) is 13.9 Å². The van der Waals surface area contributed by atoms with Crippen LogP contribution in [0.4, 0.5) is 8.78 Å². The van der Waals surface area contributed by atoms with Crippen molar-refractivity contribution < 1.29 is 47.0 Å². The Kier molecular flexibility index (Phi) is 9.09. The highest BCUT2D eigenvalue weighted by atomic mass is 35.5. The lowest BCUT2D eigenvalue weighted by molar-refractivity contribution is -0.133. The number of fused-ring (bicyclic) bond motifs is 3. The molecular weight excluding hydrogens is 584 g/mol. The number of carbonyl (C=O) groups excluding carboxylic acids is 1. The average Bonchev–Trinajstić information content (AvgIpc) is 2.85. The molecule has 15 heteroatoms. The van der Waals surface area contributed by atoms with Gasteiger partial charge < -0.3 is 29.7 Å². The number of rotatable bonds is 11. The average molecular weight is 611 g/mol. The van der Waals surface area contributed by atoms with E-state index in [1.54, 1.807) is 0 Å². The first-order valence-corrected chi connectivity index (χ1v) is 14.2. The molecule has 2 atom stereocenters. The number of halogens is 4. The number of phosphoric acid groups is 1. The summed E-state index contributed by atoms with van der Waals surface area (Å²) in [5.74, 6) is -1.72. The molecule has 1 unspecified atom stereocenters. The summed E-state index contributed by atoms with van der Waals surface area (Å²) in [7, 11) is -4.95. The summed E-state index contributed by atoms with van der Waals surface area (Å²) in [6.45, 7) is -0.715. The zero-order valence-corrected chi connectivity index (χ0v) is 22.8. The fourth-order valence-electron chi connectivity index (χ4n) is 5.13. The van der Waals surface area contributed by atoms with Crippen molar-refractivity contribution in [1.82, 2.24) is 10.6 Å². The first-order chi connectivity index (χ1) is 18.3. The lowest BCUT2D eigenvalue weighted by atomic mass is 9.60. The van der Waals surface area contributed by atoms with E-state index < -0.39 is 55.4 Å². The summed E-state index contributed by atoms with van der Waals surface area (Å²) in [6.07, 6.45) is -0.802. The van der Waals surface area contributed by atoms with Gasteiger partial charge in [-0.1, -0.05) is 23.2 Å². The molecular formula is C24H27Cl2F2N2O8P. The van der Waals surface area contributed by atoms with E-state index in [2.05, 4.69) is 10.6 Å². The van der Waals surface area contributed by atoms with Gasteiger partial charge in [0.2, 0.25) is 0 Å². The molecule has 0 heterocycles. The number of aliphatic hydroxyl groups excluding tert-OH is 1. The van der Waals surface area contributed by atoms with Crippen LogP contribution in [-0.4, -0.2) is 57.4 Å². The zero-order valence-electron chi connectivity index (χ0n) is 20.4. The predicted molar refractivity (Wildman–Crippen MR) is 137 cm³/mol. The van der Waals surface area contributed by atoms with E-state index in [9.17, 15) is 33.0 Å². The Hall–Kier alpha value is -2.02. The molecule has 0 aromatic heterocycles. The summed E-state index contributed by atoms with van der Waals surface area (Å²) >= 11 is 11.3. The summed E-state index contributed by atoms with van der Waals surface area (Å²) < 4.78 is 54.9. The van der Waals surface area contributed by atoms with Crippen molar-refractivity contribution in [3.63, 3.8) is 0 Å². The molecule has 1 amide bonds. The second-order valence-corrected chi connectivity index (χ2v) is 11.7. The lowest BCUT2D eigenvalue weighted by Crippen LogP contribution is -2.71. The number of nitrogens with one attached hydrogen (secondary N) is 2. The molecule has 2 bridgehead atoms. The van der Waals surface area contributed by atoms with Crippen LogP contribution in [0.5, 0.6) is 11.5 Å². The maximum Gasteiger partial charge on any atom is 0.469 e. The van der Waals surface area contributed by atoms with Crippen molar-refractivity contribution >= 4 is 36.9 Å². The standard InChI is InChI=1S/C24H27Cl2F2N2O8P/c25-16-3-1-14(9-18(16)27)36-12-21(31)29-23-5-7-24(8-6-23,20(11-23)38-39(33,34)35)30-22(32)13-37-15-2-4-17(26)19(28)10-15/h1-4,9-10,20-21,29,31H,5-8,11-13H2,(H,30,32)(H2,33,34,35)/t20-,21?,23?,24?/m0/s1. The van der Waals surface area contributed by atoms with Gasteiger partial charge in [-0.15, -0.1) is 0 Å². The van der Waals surface area contributed by atoms with Crippen molar-refractivity contribution in [3.8, 4) is 11.5 Å². The van der Waals surface area contributed by atoms with E-state index in [4.69, 9.17) is 37.2 Å². The summed E-state index contributed by atoms with van der Waals surface area (Å²) in [6, 6.07) is 7.58. The van der Waals surface area contributed by atoms with Crippen molar-refractivity contribution in [2.24, 2.45) is 0 Å². The molecule has 0 spiro atoms. The van der Waals surface area contributed by atoms with Crippen LogP contribution in [0.2, 0.25) is 10.0 Å². The number of hydrogen-bond donors (Lipinski definition) is 5. The number of carbonyl (C=O) groups is 1. The minimum atomic E-state index is -4.95. The Morgan fingerprint density at radius 2 is 1.59 bits per heavy atom. The van der Waals surface area contributed by atoms with Crippen molar-refractivity contribution in [2.45, 2.75) is 55.5 Å². The highest BCUT2D eigenvalue weighted by Crippen LogP contribution is 2.53. The Bertz CT molecular complexity index is 1260. The van der Waals surface area contributed by atoms with Gasteiger partial charge in [-0.2, -0.15) is 0 Å². The molecule has 214 valence electrons. The number of benzene rings is 2. The number of aliphatic hydroxyl groups is 1. The Balaban J connectivity index is 1.39. The molecule has 2 aromatic rings. The van der Waals surface area contributed by atoms with Gasteiger partial charge in [0.05, 0.1) is 21.7 Å². The molecule has 3 fully saturated rings. The normalized spacial score (nSPS) is 25.3. The van der Waals surface area contributed by atoms with Crippen LogP contribution < -0.4 is 20.1 Å². The number of ether oxygens (including phenoxy) is 2. The van der Waals surface area contributed by atoms with Gasteiger partial charge in [0.15, 0.2) is 6.61 Å². The van der Waals surface area contributed by atoms with E-state index in [-0.39, 0.29) is 47.4 Å². The summed E-state index contributed by atoms with van der Waals surface area (Å²) in [5, 5.41) is 16.3. The van der Waals surface area contributed by atoms with Gasteiger partial charge in [-0.3, -0.25) is 14.6 Å². The van der Waals surface area contributed by atoms with Crippen LogP contribution in [0.15, 0.2) is 36.4 Å². The SMILES string of the molecule is O=C(COc1ccc(Cl)c(F)c1)NC12CCC(NC(O)COc3ccc(Cl)c(F)c3)(CC1)C[C@@H]2OP(=O)(O)O. The third-order valence-electron chi connectivity index (χ3n) is 6.98. The molecule has 39 heavy (non-hydrogen) atoms. The topological polar surface area (TPSA) is 147 Å². The quantitative estimate of drug-likeness (QED) is 0.190. The van der Waals surface area contributed by atoms with Crippen LogP contribution >= 0.6 is 31.0 Å². The minimum absolute atomic E-state index is 0.0638. The molecule has 2 aromatic carbocycles. The summed E-state index contributed by atoms with van der Waals surface area (Å²) in [4.78, 5) is 31.8. The second kappa shape index (κ2) is 11.8. The van der Waals surface area contributed by atoms with E-state index in [1.165, 1.54) is 24.3 Å². The Morgan fingerprint density at radius 1 is 1.03 bits per heavy atom. The Morgan fingerprint density at radius 3 is 2.13 bits per heavy atom. The van der Waals surface area contributed by atoms with Crippen molar-refractivity contribution in [3.05, 3.63) is 58.1 Å². The molecule has 0 saturated heterocycles. The predicted octanol–water partition coefficient (Wildman–Crippen LogP) is 3.69. The fourth-order valence-corrected chi connectivity index (χ4v) is 5.97. The largest absolute Gasteiger partial charge is 0.489 e.